The summed E-state index contributed by atoms with van der Waals surface area (Å²) in [5, 5.41) is 3.05. The van der Waals surface area contributed by atoms with Gasteiger partial charge in [0.15, 0.2) is 0 Å². The van der Waals surface area contributed by atoms with Crippen molar-refractivity contribution in [2.24, 2.45) is 11.7 Å². The van der Waals surface area contributed by atoms with Crippen LogP contribution in [0.5, 0.6) is 0 Å². The van der Waals surface area contributed by atoms with Crippen LogP contribution in [0, 0.1) is 5.92 Å². The number of rotatable bonds is 4. The van der Waals surface area contributed by atoms with Crippen molar-refractivity contribution < 1.29 is 4.79 Å². The van der Waals surface area contributed by atoms with E-state index in [0.717, 1.165) is 32.1 Å². The predicted molar refractivity (Wildman–Crippen MR) is 57.8 cm³/mol. The molecule has 3 atom stereocenters. The zero-order chi connectivity index (χ0) is 10.6. The van der Waals surface area contributed by atoms with Gasteiger partial charge in [0.1, 0.15) is 0 Å². The number of hydrogen-bond donors (Lipinski definition) is 2. The van der Waals surface area contributed by atoms with Crippen LogP contribution in [-0.4, -0.2) is 18.0 Å². The first-order valence-electron chi connectivity index (χ1n) is 5.69. The van der Waals surface area contributed by atoms with Gasteiger partial charge in [0, 0.05) is 18.0 Å². The summed E-state index contributed by atoms with van der Waals surface area (Å²) >= 11 is 0. The van der Waals surface area contributed by atoms with Crippen molar-refractivity contribution in [1.29, 1.82) is 0 Å². The minimum absolute atomic E-state index is 0.171. The van der Waals surface area contributed by atoms with Crippen LogP contribution in [0.1, 0.15) is 46.0 Å². The average Bonchev–Trinajstić information content (AvgIpc) is 2.52. The highest BCUT2D eigenvalue weighted by molar-refractivity contribution is 5.79. The molecule has 14 heavy (non-hydrogen) atoms. The summed E-state index contributed by atoms with van der Waals surface area (Å²) in [7, 11) is 0. The third-order valence-corrected chi connectivity index (χ3v) is 2.95. The Hall–Kier alpha value is -0.570. The molecule has 0 bridgehead atoms. The summed E-state index contributed by atoms with van der Waals surface area (Å²) in [5.41, 5.74) is 5.77. The van der Waals surface area contributed by atoms with Gasteiger partial charge < -0.3 is 11.1 Å². The van der Waals surface area contributed by atoms with E-state index in [9.17, 15) is 4.79 Å². The van der Waals surface area contributed by atoms with Crippen LogP contribution in [0.3, 0.4) is 0 Å². The molecule has 82 valence electrons. The molecule has 0 aromatic heterocycles. The maximum atomic E-state index is 11.7. The maximum absolute atomic E-state index is 11.7. The monoisotopic (exact) mass is 198 g/mol. The molecule has 0 heterocycles. The van der Waals surface area contributed by atoms with Crippen LogP contribution >= 0.6 is 0 Å². The molecule has 3 nitrogen and oxygen atoms in total. The normalized spacial score (nSPS) is 28.8. The summed E-state index contributed by atoms with van der Waals surface area (Å²) in [6.45, 7) is 4.20. The van der Waals surface area contributed by atoms with Crippen molar-refractivity contribution in [3.05, 3.63) is 0 Å². The predicted octanol–water partition coefficient (Wildman–Crippen LogP) is 1.42. The molecule has 3 N–H and O–H groups in total. The molecule has 0 aromatic rings. The van der Waals surface area contributed by atoms with Crippen LogP contribution in [0.2, 0.25) is 0 Å². The van der Waals surface area contributed by atoms with E-state index in [1.165, 1.54) is 0 Å². The summed E-state index contributed by atoms with van der Waals surface area (Å²) in [6, 6.07) is 0.552. The number of hydrogen-bond acceptors (Lipinski definition) is 2. The van der Waals surface area contributed by atoms with Gasteiger partial charge in [0.25, 0.3) is 0 Å². The Morgan fingerprint density at radius 1 is 1.57 bits per heavy atom. The molecule has 0 spiro atoms. The van der Waals surface area contributed by atoms with E-state index in [-0.39, 0.29) is 17.9 Å². The fourth-order valence-electron chi connectivity index (χ4n) is 2.12. The van der Waals surface area contributed by atoms with Crippen molar-refractivity contribution in [1.82, 2.24) is 5.32 Å². The zero-order valence-electron chi connectivity index (χ0n) is 9.25. The largest absolute Gasteiger partial charge is 0.353 e. The number of carbonyl (C=O) groups is 1. The fourth-order valence-corrected chi connectivity index (χ4v) is 2.12. The maximum Gasteiger partial charge on any atom is 0.223 e. The lowest BCUT2D eigenvalue weighted by Crippen LogP contribution is -2.36. The van der Waals surface area contributed by atoms with Crippen molar-refractivity contribution >= 4 is 5.91 Å². The van der Waals surface area contributed by atoms with Crippen molar-refractivity contribution in [2.45, 2.75) is 58.0 Å². The van der Waals surface area contributed by atoms with Crippen molar-refractivity contribution in [2.75, 3.05) is 0 Å². The zero-order valence-corrected chi connectivity index (χ0v) is 9.25. The highest BCUT2D eigenvalue weighted by Crippen LogP contribution is 2.24. The molecule has 0 radical (unpaired) electrons. The van der Waals surface area contributed by atoms with E-state index in [1.54, 1.807) is 0 Å². The summed E-state index contributed by atoms with van der Waals surface area (Å²) < 4.78 is 0. The standard InChI is InChI=1S/C11H22N2O/c1-3-4-8(2)13-11(14)9-5-6-10(12)7-9/h8-10H,3-7,12H2,1-2H3,(H,13,14). The molecule has 0 saturated heterocycles. The Labute approximate surface area is 86.4 Å². The molecule has 1 aliphatic rings. The van der Waals surface area contributed by atoms with Crippen molar-refractivity contribution in [3.63, 3.8) is 0 Å². The second-order valence-electron chi connectivity index (χ2n) is 4.47. The lowest BCUT2D eigenvalue weighted by Gasteiger charge is -2.16. The summed E-state index contributed by atoms with van der Waals surface area (Å²) in [4.78, 5) is 11.7. The van der Waals surface area contributed by atoms with Gasteiger partial charge in [-0.15, -0.1) is 0 Å². The Kier molecular flexibility index (Phi) is 4.39. The number of nitrogens with one attached hydrogen (secondary N) is 1. The highest BCUT2D eigenvalue weighted by Gasteiger charge is 2.27. The van der Waals surface area contributed by atoms with Gasteiger partial charge >= 0.3 is 0 Å². The van der Waals surface area contributed by atoms with Crippen molar-refractivity contribution in [3.8, 4) is 0 Å². The number of nitrogens with two attached hydrogens (primary N) is 1. The lowest BCUT2D eigenvalue weighted by atomic mass is 10.1. The summed E-state index contributed by atoms with van der Waals surface area (Å²) in [6.07, 6.45) is 5.01. The Morgan fingerprint density at radius 2 is 2.29 bits per heavy atom. The van der Waals surface area contributed by atoms with Gasteiger partial charge in [0.05, 0.1) is 0 Å². The molecule has 0 aromatic carbocycles. The van der Waals surface area contributed by atoms with Gasteiger partial charge in [-0.1, -0.05) is 13.3 Å². The third-order valence-electron chi connectivity index (χ3n) is 2.95. The van der Waals surface area contributed by atoms with Gasteiger partial charge in [-0.05, 0) is 32.6 Å². The molecule has 1 saturated carbocycles. The molecule has 3 heteroatoms. The van der Waals surface area contributed by atoms with Crippen LogP contribution in [0.15, 0.2) is 0 Å². The van der Waals surface area contributed by atoms with E-state index >= 15 is 0 Å². The smallest absolute Gasteiger partial charge is 0.223 e. The molecular formula is C11H22N2O. The first kappa shape index (κ1) is 11.5. The van der Waals surface area contributed by atoms with Crippen LogP contribution < -0.4 is 11.1 Å². The molecule has 0 aliphatic heterocycles. The minimum Gasteiger partial charge on any atom is -0.353 e. The average molecular weight is 198 g/mol. The highest BCUT2D eigenvalue weighted by atomic mass is 16.1. The van der Waals surface area contributed by atoms with Crippen LogP contribution in [-0.2, 0) is 4.79 Å². The minimum atomic E-state index is 0.171. The Bertz CT molecular complexity index is 194. The topological polar surface area (TPSA) is 55.1 Å². The van der Waals surface area contributed by atoms with Gasteiger partial charge in [-0.2, -0.15) is 0 Å². The Morgan fingerprint density at radius 3 is 2.79 bits per heavy atom. The second-order valence-corrected chi connectivity index (χ2v) is 4.47. The van der Waals surface area contributed by atoms with Gasteiger partial charge in [0.2, 0.25) is 5.91 Å². The molecular weight excluding hydrogens is 176 g/mol. The van der Waals surface area contributed by atoms with Gasteiger partial charge in [-0.3, -0.25) is 4.79 Å². The van der Waals surface area contributed by atoms with E-state index in [4.69, 9.17) is 5.73 Å². The number of carbonyl (C=O) groups excluding carboxylic acids is 1. The Balaban J connectivity index is 2.27. The first-order valence-corrected chi connectivity index (χ1v) is 5.69. The third kappa shape index (κ3) is 3.29. The lowest BCUT2D eigenvalue weighted by molar-refractivity contribution is -0.125. The SMILES string of the molecule is CCCC(C)NC(=O)C1CCC(N)C1. The molecule has 1 rings (SSSR count). The second kappa shape index (κ2) is 5.35. The quantitative estimate of drug-likeness (QED) is 0.717. The molecule has 1 amide bonds. The molecule has 1 fully saturated rings. The van der Waals surface area contributed by atoms with E-state index < -0.39 is 0 Å². The van der Waals surface area contributed by atoms with E-state index in [1.807, 2.05) is 0 Å². The van der Waals surface area contributed by atoms with Crippen LogP contribution in [0.4, 0.5) is 0 Å². The van der Waals surface area contributed by atoms with E-state index in [2.05, 4.69) is 19.2 Å². The van der Waals surface area contributed by atoms with Gasteiger partial charge in [-0.25, -0.2) is 0 Å². The van der Waals surface area contributed by atoms with Crippen LogP contribution in [0.25, 0.3) is 0 Å². The molecule has 1 aliphatic carbocycles. The fraction of sp³-hybridized carbons (Fsp3) is 0.909. The number of amides is 1. The molecule has 3 unspecified atom stereocenters. The summed E-state index contributed by atoms with van der Waals surface area (Å²) in [5.74, 6) is 0.378. The first-order chi connectivity index (χ1) is 6.63. The van der Waals surface area contributed by atoms with E-state index in [0.29, 0.717) is 6.04 Å².